The normalized spacial score (nSPS) is 19.8. The highest BCUT2D eigenvalue weighted by atomic mass is 32.1. The molecule has 1 aliphatic heterocycles. The average molecular weight is 102 g/mol. The lowest BCUT2D eigenvalue weighted by Gasteiger charge is -1.88. The second kappa shape index (κ2) is 1.56. The van der Waals surface area contributed by atoms with Crippen molar-refractivity contribution in [3.8, 4) is 0 Å². The van der Waals surface area contributed by atoms with Crippen LogP contribution < -0.4 is 0 Å². The molecule has 0 saturated heterocycles. The summed E-state index contributed by atoms with van der Waals surface area (Å²) in [5.74, 6) is 0. The highest BCUT2D eigenvalue weighted by Gasteiger charge is 1.95. The number of hydrogen-bond donors (Lipinski definition) is 1. The van der Waals surface area contributed by atoms with Gasteiger partial charge < -0.3 is 4.74 Å². The van der Waals surface area contributed by atoms with Crippen molar-refractivity contribution in [2.45, 2.75) is 6.42 Å². The lowest BCUT2D eigenvalue weighted by Crippen LogP contribution is -1.74. The maximum Gasteiger partial charge on any atom is 0.146 e. The Bertz CT molecular complexity index is 77.6. The fraction of sp³-hybridized carbons (Fsp3) is 0.500. The molecule has 0 unspecified atom stereocenters. The van der Waals surface area contributed by atoms with E-state index in [1.54, 1.807) is 0 Å². The molecule has 0 aromatic rings. The van der Waals surface area contributed by atoms with Gasteiger partial charge in [-0.15, -0.1) is 12.6 Å². The average Bonchev–Trinajstić information content (AvgIpc) is 1.86. The third-order valence-electron chi connectivity index (χ3n) is 0.687. The summed E-state index contributed by atoms with van der Waals surface area (Å²) < 4.78 is 4.88. The number of rotatable bonds is 0. The van der Waals surface area contributed by atoms with Crippen LogP contribution in [-0.2, 0) is 4.74 Å². The summed E-state index contributed by atoms with van der Waals surface area (Å²) in [6, 6.07) is 0. The molecule has 1 aliphatic rings. The molecule has 1 heterocycles. The van der Waals surface area contributed by atoms with Crippen molar-refractivity contribution in [3.63, 3.8) is 0 Å². The molecule has 6 heavy (non-hydrogen) atoms. The quantitative estimate of drug-likeness (QED) is 0.452. The number of hydrogen-bond acceptors (Lipinski definition) is 2. The first-order chi connectivity index (χ1) is 2.89. The molecule has 0 radical (unpaired) electrons. The lowest BCUT2D eigenvalue weighted by molar-refractivity contribution is 0.272. The summed E-state index contributed by atoms with van der Waals surface area (Å²) in [5.41, 5.74) is 0. The predicted molar refractivity (Wildman–Crippen MR) is 27.6 cm³/mol. The third kappa shape index (κ3) is 0.684. The molecular formula is C4H6OS. The third-order valence-corrected chi connectivity index (χ3v) is 0.998. The van der Waals surface area contributed by atoms with Crippen LogP contribution in [0.5, 0.6) is 0 Å². The molecule has 0 saturated carbocycles. The van der Waals surface area contributed by atoms with Crippen LogP contribution in [0, 0.1) is 0 Å². The molecule has 2 heteroatoms. The minimum atomic E-state index is 0.773. The van der Waals surface area contributed by atoms with Crippen molar-refractivity contribution in [1.29, 1.82) is 0 Å². The first kappa shape index (κ1) is 4.06. The van der Waals surface area contributed by atoms with Crippen LogP contribution >= 0.6 is 12.6 Å². The molecule has 1 rings (SSSR count). The second-order valence-electron chi connectivity index (χ2n) is 1.18. The van der Waals surface area contributed by atoms with Crippen LogP contribution in [0.15, 0.2) is 11.2 Å². The van der Waals surface area contributed by atoms with Crippen molar-refractivity contribution in [1.82, 2.24) is 0 Å². The first-order valence-electron chi connectivity index (χ1n) is 1.91. The standard InChI is InChI=1S/C4H6OS/c6-4-2-1-3-5-4/h2,6H,1,3H2. The molecule has 0 aliphatic carbocycles. The highest BCUT2D eigenvalue weighted by Crippen LogP contribution is 2.10. The van der Waals surface area contributed by atoms with Gasteiger partial charge in [0.15, 0.2) is 0 Å². The molecular weight excluding hydrogens is 96.1 g/mol. The summed E-state index contributed by atoms with van der Waals surface area (Å²) in [6.07, 6.45) is 2.99. The number of ether oxygens (including phenoxy) is 1. The van der Waals surface area contributed by atoms with E-state index in [4.69, 9.17) is 4.74 Å². The van der Waals surface area contributed by atoms with E-state index in [2.05, 4.69) is 12.6 Å². The van der Waals surface area contributed by atoms with Crippen molar-refractivity contribution in [3.05, 3.63) is 11.2 Å². The summed E-state index contributed by atoms with van der Waals surface area (Å²) in [6.45, 7) is 0.818. The smallest absolute Gasteiger partial charge is 0.146 e. The van der Waals surface area contributed by atoms with E-state index in [9.17, 15) is 0 Å². The van der Waals surface area contributed by atoms with Crippen molar-refractivity contribution >= 4 is 12.6 Å². The molecule has 0 atom stereocenters. The molecule has 0 aromatic heterocycles. The van der Waals surface area contributed by atoms with Crippen LogP contribution in [-0.4, -0.2) is 6.61 Å². The van der Waals surface area contributed by atoms with E-state index < -0.39 is 0 Å². The van der Waals surface area contributed by atoms with Gasteiger partial charge in [-0.25, -0.2) is 0 Å². The first-order valence-corrected chi connectivity index (χ1v) is 2.36. The zero-order chi connectivity index (χ0) is 4.41. The maximum atomic E-state index is 4.88. The number of thiol groups is 1. The zero-order valence-corrected chi connectivity index (χ0v) is 4.24. The van der Waals surface area contributed by atoms with E-state index >= 15 is 0 Å². The Kier molecular flexibility index (Phi) is 1.05. The van der Waals surface area contributed by atoms with Gasteiger partial charge >= 0.3 is 0 Å². The van der Waals surface area contributed by atoms with Gasteiger partial charge in [0.1, 0.15) is 5.09 Å². The Balaban J connectivity index is 2.45. The zero-order valence-electron chi connectivity index (χ0n) is 3.35. The Morgan fingerprint density at radius 2 is 2.67 bits per heavy atom. The molecule has 0 bridgehead atoms. The van der Waals surface area contributed by atoms with Gasteiger partial charge in [0.25, 0.3) is 0 Å². The van der Waals surface area contributed by atoms with Crippen molar-refractivity contribution < 1.29 is 4.74 Å². The fourth-order valence-corrected chi connectivity index (χ4v) is 0.625. The Morgan fingerprint density at radius 1 is 1.83 bits per heavy atom. The van der Waals surface area contributed by atoms with Crippen LogP contribution in [0.3, 0.4) is 0 Å². The molecule has 0 N–H and O–H groups in total. The maximum absolute atomic E-state index is 4.88. The van der Waals surface area contributed by atoms with Gasteiger partial charge in [-0.3, -0.25) is 0 Å². The fourth-order valence-electron chi connectivity index (χ4n) is 0.405. The molecule has 0 aromatic carbocycles. The topological polar surface area (TPSA) is 9.23 Å². The van der Waals surface area contributed by atoms with E-state index in [1.165, 1.54) is 0 Å². The van der Waals surface area contributed by atoms with Crippen LogP contribution in [0.4, 0.5) is 0 Å². The molecule has 1 nitrogen and oxygen atoms in total. The Labute approximate surface area is 42.4 Å². The van der Waals surface area contributed by atoms with Crippen LogP contribution in [0.1, 0.15) is 6.42 Å². The van der Waals surface area contributed by atoms with Crippen LogP contribution in [0.2, 0.25) is 0 Å². The molecule has 0 spiro atoms. The predicted octanol–water partition coefficient (Wildman–Crippen LogP) is 1.18. The van der Waals surface area contributed by atoms with E-state index in [1.807, 2.05) is 6.08 Å². The van der Waals surface area contributed by atoms with Gasteiger partial charge in [-0.1, -0.05) is 0 Å². The van der Waals surface area contributed by atoms with Gasteiger partial charge in [0.2, 0.25) is 0 Å². The minimum Gasteiger partial charge on any atom is -0.488 e. The van der Waals surface area contributed by atoms with Crippen LogP contribution in [0.25, 0.3) is 0 Å². The van der Waals surface area contributed by atoms with Crippen molar-refractivity contribution in [2.75, 3.05) is 6.61 Å². The van der Waals surface area contributed by atoms with E-state index in [0.29, 0.717) is 0 Å². The lowest BCUT2D eigenvalue weighted by atomic mass is 10.5. The Hall–Kier alpha value is -0.110. The monoisotopic (exact) mass is 102 g/mol. The summed E-state index contributed by atoms with van der Waals surface area (Å²) in [5, 5.41) is 0.773. The van der Waals surface area contributed by atoms with E-state index in [0.717, 1.165) is 18.1 Å². The summed E-state index contributed by atoms with van der Waals surface area (Å²) >= 11 is 3.93. The van der Waals surface area contributed by atoms with Gasteiger partial charge in [0.05, 0.1) is 6.61 Å². The minimum absolute atomic E-state index is 0.773. The van der Waals surface area contributed by atoms with Crippen molar-refractivity contribution in [2.24, 2.45) is 0 Å². The molecule has 34 valence electrons. The SMILES string of the molecule is SC1=CCCO1. The molecule has 0 fully saturated rings. The van der Waals surface area contributed by atoms with Gasteiger partial charge in [-0.2, -0.15) is 0 Å². The highest BCUT2D eigenvalue weighted by molar-refractivity contribution is 7.84. The summed E-state index contributed by atoms with van der Waals surface area (Å²) in [7, 11) is 0. The Morgan fingerprint density at radius 3 is 2.83 bits per heavy atom. The van der Waals surface area contributed by atoms with Gasteiger partial charge in [0, 0.05) is 6.42 Å². The summed E-state index contributed by atoms with van der Waals surface area (Å²) in [4.78, 5) is 0. The largest absolute Gasteiger partial charge is 0.488 e. The van der Waals surface area contributed by atoms with E-state index in [-0.39, 0.29) is 0 Å². The van der Waals surface area contributed by atoms with Gasteiger partial charge in [-0.05, 0) is 6.08 Å². The second-order valence-corrected chi connectivity index (χ2v) is 1.62. The molecule has 0 amide bonds.